The van der Waals surface area contributed by atoms with Crippen LogP contribution in [0, 0.1) is 11.3 Å². The van der Waals surface area contributed by atoms with Crippen molar-refractivity contribution in [3.63, 3.8) is 0 Å². The molecule has 2 aliphatic rings. The summed E-state index contributed by atoms with van der Waals surface area (Å²) in [5, 5.41) is 23.3. The predicted octanol–water partition coefficient (Wildman–Crippen LogP) is -0.351. The number of hydrogen-bond donors (Lipinski definition) is 2. The second-order valence-corrected chi connectivity index (χ2v) is 5.52. The first kappa shape index (κ1) is 15.7. The largest absolute Gasteiger partial charge is 0.476 e. The van der Waals surface area contributed by atoms with Crippen LogP contribution < -0.4 is 5.32 Å². The van der Waals surface area contributed by atoms with Crippen molar-refractivity contribution in [2.45, 2.75) is 12.5 Å². The lowest BCUT2D eigenvalue weighted by Gasteiger charge is -2.18. The molecular weight excluding hydrogens is 312 g/mol. The van der Waals surface area contributed by atoms with E-state index < -0.39 is 17.9 Å². The van der Waals surface area contributed by atoms with Crippen LogP contribution in [0.15, 0.2) is 41.6 Å². The molecule has 0 saturated carbocycles. The zero-order valence-electron chi connectivity index (χ0n) is 12.6. The lowest BCUT2D eigenvalue weighted by atomic mass is 10.1. The van der Waals surface area contributed by atoms with E-state index in [2.05, 4.69) is 5.32 Å². The van der Waals surface area contributed by atoms with Gasteiger partial charge >= 0.3 is 5.97 Å². The van der Waals surface area contributed by atoms with Crippen LogP contribution in [0.5, 0.6) is 0 Å². The topological polar surface area (TPSA) is 114 Å². The van der Waals surface area contributed by atoms with Crippen molar-refractivity contribution in [2.75, 3.05) is 13.1 Å². The molecule has 0 unspecified atom stereocenters. The molecule has 1 aromatic carbocycles. The maximum Gasteiger partial charge on any atom is 0.355 e. The molecule has 0 aliphatic carbocycles. The highest BCUT2D eigenvalue weighted by atomic mass is 16.4. The minimum absolute atomic E-state index is 0.0323. The van der Waals surface area contributed by atoms with E-state index in [4.69, 9.17) is 5.26 Å². The first-order chi connectivity index (χ1) is 11.5. The summed E-state index contributed by atoms with van der Waals surface area (Å²) in [6.07, 6.45) is 0.135. The van der Waals surface area contributed by atoms with Crippen LogP contribution in [0.2, 0.25) is 0 Å². The fourth-order valence-electron chi connectivity index (χ4n) is 2.87. The van der Waals surface area contributed by atoms with Gasteiger partial charge in [0, 0.05) is 6.54 Å². The Bertz CT molecular complexity index is 781. The number of carbonyl (C=O) groups excluding carboxylic acids is 2. The molecule has 8 nitrogen and oxygen atoms in total. The van der Waals surface area contributed by atoms with Gasteiger partial charge in [0.2, 0.25) is 5.91 Å². The Morgan fingerprint density at radius 1 is 1.33 bits per heavy atom. The Kier molecular flexibility index (Phi) is 4.02. The number of carboxylic acid groups (broad SMARTS) is 1. The van der Waals surface area contributed by atoms with Crippen molar-refractivity contribution >= 4 is 17.8 Å². The average Bonchev–Trinajstić information content (AvgIpc) is 3.05. The number of nitrogens with zero attached hydrogens (tertiary/aromatic N) is 3. The maximum atomic E-state index is 12.4. The van der Waals surface area contributed by atoms with Crippen LogP contribution in [0.3, 0.4) is 0 Å². The second kappa shape index (κ2) is 6.14. The molecule has 2 heterocycles. The predicted molar refractivity (Wildman–Crippen MR) is 80.8 cm³/mol. The van der Waals surface area contributed by atoms with E-state index in [1.54, 1.807) is 0 Å². The molecule has 2 aliphatic heterocycles. The summed E-state index contributed by atoms with van der Waals surface area (Å²) in [7, 11) is 0. The average molecular weight is 326 g/mol. The quantitative estimate of drug-likeness (QED) is 0.782. The molecule has 8 heteroatoms. The number of nitrogens with one attached hydrogen (secondary N) is 1. The molecule has 24 heavy (non-hydrogen) atoms. The number of nitriles is 1. The van der Waals surface area contributed by atoms with E-state index in [1.165, 1.54) is 5.01 Å². The number of amides is 2. The van der Waals surface area contributed by atoms with Gasteiger partial charge in [-0.05, 0) is 5.56 Å². The van der Waals surface area contributed by atoms with E-state index in [-0.39, 0.29) is 36.7 Å². The number of carboxylic acids is 1. The fraction of sp³-hybridized carbons (Fsp3) is 0.250. The van der Waals surface area contributed by atoms with Crippen molar-refractivity contribution in [2.24, 2.45) is 0 Å². The molecule has 1 atom stereocenters. The number of fused-ring (bicyclic) bond motifs is 1. The number of carbonyl (C=O) groups is 3. The van der Waals surface area contributed by atoms with E-state index >= 15 is 0 Å². The summed E-state index contributed by atoms with van der Waals surface area (Å²) in [5.41, 5.74) is 0.520. The number of hydrogen-bond acceptors (Lipinski definition) is 5. The van der Waals surface area contributed by atoms with Crippen LogP contribution in [-0.4, -0.2) is 52.0 Å². The normalized spacial score (nSPS) is 20.0. The van der Waals surface area contributed by atoms with Gasteiger partial charge in [-0.15, -0.1) is 0 Å². The highest BCUT2D eigenvalue weighted by Gasteiger charge is 2.47. The highest BCUT2D eigenvalue weighted by Crippen LogP contribution is 2.28. The van der Waals surface area contributed by atoms with Gasteiger partial charge in [-0.1, -0.05) is 30.3 Å². The molecule has 0 spiro atoms. The Morgan fingerprint density at radius 3 is 2.67 bits per heavy atom. The van der Waals surface area contributed by atoms with Gasteiger partial charge in [0.25, 0.3) is 5.91 Å². The number of hydrazine groups is 1. The van der Waals surface area contributed by atoms with Gasteiger partial charge in [0.15, 0.2) is 5.70 Å². The number of rotatable bonds is 4. The van der Waals surface area contributed by atoms with Crippen LogP contribution in [-0.2, 0) is 20.8 Å². The van der Waals surface area contributed by atoms with Crippen LogP contribution in [0.4, 0.5) is 0 Å². The molecule has 2 N–H and O–H groups in total. The monoisotopic (exact) mass is 326 g/mol. The SMILES string of the molecule is N#CC1=C(C(=O)O)N2C(=O)[C@@H](NC(=O)Cc3ccccc3)CN2C1. The minimum Gasteiger partial charge on any atom is -0.476 e. The molecule has 0 aromatic heterocycles. The van der Waals surface area contributed by atoms with Crippen molar-refractivity contribution in [1.29, 1.82) is 5.26 Å². The molecular formula is C16H14N4O4. The first-order valence-corrected chi connectivity index (χ1v) is 7.30. The third-order valence-corrected chi connectivity index (χ3v) is 3.90. The molecule has 1 saturated heterocycles. The standard InChI is InChI=1S/C16H14N4O4/c17-7-11-8-19-9-12(15(22)20(19)14(11)16(23)24)18-13(21)6-10-4-2-1-3-5-10/h1-5,12H,6,8-9H2,(H,18,21)(H,23,24)/t12-/m0/s1. The zero-order valence-corrected chi connectivity index (χ0v) is 12.6. The molecule has 2 amide bonds. The summed E-state index contributed by atoms with van der Waals surface area (Å²) in [6.45, 7) is 0.191. The van der Waals surface area contributed by atoms with E-state index in [0.29, 0.717) is 0 Å². The molecule has 3 rings (SSSR count). The van der Waals surface area contributed by atoms with Gasteiger partial charge < -0.3 is 10.4 Å². The van der Waals surface area contributed by atoms with Gasteiger partial charge in [-0.2, -0.15) is 5.26 Å². The molecule has 0 bridgehead atoms. The van der Waals surface area contributed by atoms with Crippen LogP contribution in [0.25, 0.3) is 0 Å². The van der Waals surface area contributed by atoms with E-state index in [1.807, 2.05) is 36.4 Å². The smallest absolute Gasteiger partial charge is 0.355 e. The van der Waals surface area contributed by atoms with Crippen molar-refractivity contribution in [3.8, 4) is 6.07 Å². The third kappa shape index (κ3) is 2.73. The third-order valence-electron chi connectivity index (χ3n) is 3.90. The van der Waals surface area contributed by atoms with Crippen LogP contribution >= 0.6 is 0 Å². The Balaban J connectivity index is 1.70. The Morgan fingerprint density at radius 2 is 2.04 bits per heavy atom. The summed E-state index contributed by atoms with van der Waals surface area (Å²) >= 11 is 0. The van der Waals surface area contributed by atoms with Crippen molar-refractivity contribution in [1.82, 2.24) is 15.3 Å². The minimum atomic E-state index is -1.33. The molecule has 122 valence electrons. The highest BCUT2D eigenvalue weighted by molar-refractivity contribution is 5.98. The number of aliphatic carboxylic acids is 1. The first-order valence-electron chi connectivity index (χ1n) is 7.30. The Labute approximate surface area is 137 Å². The summed E-state index contributed by atoms with van der Waals surface area (Å²) in [4.78, 5) is 35.8. The van der Waals surface area contributed by atoms with Gasteiger partial charge in [-0.3, -0.25) is 9.59 Å². The molecule has 0 radical (unpaired) electrons. The van der Waals surface area contributed by atoms with Crippen LogP contribution in [0.1, 0.15) is 5.56 Å². The fourth-order valence-corrected chi connectivity index (χ4v) is 2.87. The molecule has 1 fully saturated rings. The summed E-state index contributed by atoms with van der Waals surface area (Å²) < 4.78 is 0. The van der Waals surface area contributed by atoms with Gasteiger partial charge in [0.1, 0.15) is 6.04 Å². The van der Waals surface area contributed by atoms with Crippen molar-refractivity contribution in [3.05, 3.63) is 47.2 Å². The lowest BCUT2D eigenvalue weighted by molar-refractivity contribution is -0.143. The van der Waals surface area contributed by atoms with Gasteiger partial charge in [-0.25, -0.2) is 14.8 Å². The second-order valence-electron chi connectivity index (χ2n) is 5.52. The molecule has 1 aromatic rings. The lowest BCUT2D eigenvalue weighted by Crippen LogP contribution is -2.43. The van der Waals surface area contributed by atoms with E-state index in [0.717, 1.165) is 10.6 Å². The number of benzene rings is 1. The van der Waals surface area contributed by atoms with Crippen molar-refractivity contribution < 1.29 is 19.5 Å². The zero-order chi connectivity index (χ0) is 17.3. The summed E-state index contributed by atoms with van der Waals surface area (Å²) in [6, 6.07) is 10.1. The van der Waals surface area contributed by atoms with E-state index in [9.17, 15) is 19.5 Å². The maximum absolute atomic E-state index is 12.4. The summed E-state index contributed by atoms with van der Waals surface area (Å²) in [5.74, 6) is -2.19. The van der Waals surface area contributed by atoms with Gasteiger partial charge in [0.05, 0.1) is 24.6 Å². The Hall–Kier alpha value is -3.18.